The standard InChI is InChI=1S/C8H12O7S.Na/c9-7(10)5-2-1-4(16-15-14-13)3-6(5)8(11)12;/h4-6,13H,1-3H2,(H,9,10)(H,11,12);/q;+1/p-1. The molecule has 17 heavy (non-hydrogen) atoms. The molecule has 3 atom stereocenters. The number of hydrogen-bond acceptors (Lipinski definition) is 6. The van der Waals surface area contributed by atoms with Crippen molar-refractivity contribution in [3.63, 3.8) is 0 Å². The van der Waals surface area contributed by atoms with E-state index in [2.05, 4.69) is 9.37 Å². The summed E-state index contributed by atoms with van der Waals surface area (Å²) in [5, 5.41) is 30.3. The molecule has 9 heteroatoms. The molecule has 0 aliphatic heterocycles. The molecule has 0 bridgehead atoms. The van der Waals surface area contributed by atoms with Crippen LogP contribution < -0.4 is 34.8 Å². The minimum atomic E-state index is -1.14. The summed E-state index contributed by atoms with van der Waals surface area (Å²) in [6.07, 6.45) is 0.890. The van der Waals surface area contributed by atoms with E-state index in [1.165, 1.54) is 0 Å². The van der Waals surface area contributed by atoms with Crippen molar-refractivity contribution >= 4 is 24.0 Å². The molecular weight excluding hydrogens is 263 g/mol. The zero-order valence-electron chi connectivity index (χ0n) is 9.20. The third-order valence-corrected chi connectivity index (χ3v) is 3.47. The third-order valence-electron chi connectivity index (χ3n) is 2.64. The van der Waals surface area contributed by atoms with E-state index in [-0.39, 0.29) is 47.6 Å². The van der Waals surface area contributed by atoms with E-state index in [0.717, 1.165) is 12.0 Å². The van der Waals surface area contributed by atoms with Crippen molar-refractivity contribution < 1.29 is 64.0 Å². The largest absolute Gasteiger partial charge is 1.00 e. The van der Waals surface area contributed by atoms with Crippen LogP contribution in [0.15, 0.2) is 0 Å². The van der Waals surface area contributed by atoms with Gasteiger partial charge in [-0.25, -0.2) is 0 Å². The monoisotopic (exact) mass is 274 g/mol. The van der Waals surface area contributed by atoms with Crippen LogP contribution in [0.2, 0.25) is 0 Å². The fourth-order valence-corrected chi connectivity index (χ4v) is 2.52. The van der Waals surface area contributed by atoms with Crippen LogP contribution in [-0.4, -0.2) is 27.4 Å². The zero-order chi connectivity index (χ0) is 12.1. The average molecular weight is 274 g/mol. The first kappa shape index (κ1) is 17.2. The molecule has 0 saturated heterocycles. The van der Waals surface area contributed by atoms with Crippen molar-refractivity contribution in [1.82, 2.24) is 0 Å². The van der Waals surface area contributed by atoms with Crippen LogP contribution in [0.3, 0.4) is 0 Å². The van der Waals surface area contributed by atoms with Crippen molar-refractivity contribution in [2.75, 3.05) is 0 Å². The average Bonchev–Trinajstić information content (AvgIpc) is 2.25. The van der Waals surface area contributed by atoms with Crippen molar-refractivity contribution in [2.45, 2.75) is 24.5 Å². The van der Waals surface area contributed by atoms with Gasteiger partial charge in [-0.15, -0.1) is 0 Å². The molecule has 92 valence electrons. The van der Waals surface area contributed by atoms with Gasteiger partial charge in [0.2, 0.25) is 0 Å². The van der Waals surface area contributed by atoms with Crippen LogP contribution in [0, 0.1) is 11.8 Å². The molecule has 1 saturated carbocycles. The SMILES string of the molecule is O=C(O)C1CCC(SOO[O-])CC1C(=O)O.[Na+]. The van der Waals surface area contributed by atoms with Gasteiger partial charge in [-0.1, -0.05) is 0 Å². The molecule has 0 heterocycles. The van der Waals surface area contributed by atoms with Crippen LogP contribution in [-0.2, 0) is 19.0 Å². The number of aliphatic carboxylic acids is 2. The molecule has 1 aliphatic rings. The van der Waals surface area contributed by atoms with E-state index in [1.807, 2.05) is 0 Å². The third kappa shape index (κ3) is 5.12. The van der Waals surface area contributed by atoms with Gasteiger partial charge in [0.25, 0.3) is 0 Å². The van der Waals surface area contributed by atoms with Crippen LogP contribution in [0.25, 0.3) is 0 Å². The Morgan fingerprint density at radius 3 is 2.24 bits per heavy atom. The molecule has 0 spiro atoms. The van der Waals surface area contributed by atoms with Crippen LogP contribution >= 0.6 is 12.0 Å². The maximum Gasteiger partial charge on any atom is 1.00 e. The first-order valence-corrected chi connectivity index (χ1v) is 5.44. The maximum absolute atomic E-state index is 10.9. The number of rotatable bonds is 5. The van der Waals surface area contributed by atoms with Gasteiger partial charge in [-0.05, 0) is 19.3 Å². The van der Waals surface area contributed by atoms with Crippen LogP contribution in [0.1, 0.15) is 19.3 Å². The topological polar surface area (TPSA) is 116 Å². The van der Waals surface area contributed by atoms with E-state index in [0.29, 0.717) is 6.42 Å². The molecule has 1 aliphatic carbocycles. The Labute approximate surface area is 124 Å². The molecule has 0 aromatic heterocycles. The Morgan fingerprint density at radius 2 is 1.76 bits per heavy atom. The fraction of sp³-hybridized carbons (Fsp3) is 0.750. The minimum absolute atomic E-state index is 0. The number of hydrogen-bond donors (Lipinski definition) is 2. The summed E-state index contributed by atoms with van der Waals surface area (Å²) in [6.45, 7) is 0. The Morgan fingerprint density at radius 1 is 1.18 bits per heavy atom. The first-order valence-electron chi connectivity index (χ1n) is 4.63. The van der Waals surface area contributed by atoms with E-state index in [9.17, 15) is 14.8 Å². The molecular formula is C8H11NaO7S. The van der Waals surface area contributed by atoms with E-state index in [4.69, 9.17) is 10.2 Å². The Kier molecular flexibility index (Phi) is 8.39. The molecule has 1 rings (SSSR count). The normalized spacial score (nSPS) is 28.2. The summed E-state index contributed by atoms with van der Waals surface area (Å²) < 4.78 is 4.12. The summed E-state index contributed by atoms with van der Waals surface area (Å²) in [5.41, 5.74) is 0. The molecule has 0 aromatic rings. The summed E-state index contributed by atoms with van der Waals surface area (Å²) in [7, 11) is 0. The summed E-state index contributed by atoms with van der Waals surface area (Å²) in [5.74, 6) is -4.06. The number of carboxylic acid groups (broad SMARTS) is 2. The van der Waals surface area contributed by atoms with Gasteiger partial charge in [-0.3, -0.25) is 14.6 Å². The van der Waals surface area contributed by atoms with Crippen molar-refractivity contribution in [2.24, 2.45) is 11.8 Å². The quantitative estimate of drug-likeness (QED) is 0.233. The van der Waals surface area contributed by atoms with E-state index < -0.39 is 23.8 Å². The van der Waals surface area contributed by atoms with Crippen LogP contribution in [0.4, 0.5) is 0 Å². The van der Waals surface area contributed by atoms with Gasteiger partial charge < -0.3 is 15.5 Å². The Balaban J connectivity index is 0.00000256. The van der Waals surface area contributed by atoms with Gasteiger partial charge in [0.1, 0.15) is 0 Å². The number of carboxylic acids is 2. The molecule has 0 amide bonds. The first-order chi connectivity index (χ1) is 7.56. The van der Waals surface area contributed by atoms with Gasteiger partial charge in [-0.2, -0.15) is 4.33 Å². The summed E-state index contributed by atoms with van der Waals surface area (Å²) in [6, 6.07) is 0. The van der Waals surface area contributed by atoms with Crippen molar-refractivity contribution in [3.8, 4) is 0 Å². The van der Waals surface area contributed by atoms with E-state index in [1.54, 1.807) is 0 Å². The summed E-state index contributed by atoms with van der Waals surface area (Å²) >= 11 is 0.741. The molecule has 1 fully saturated rings. The van der Waals surface area contributed by atoms with E-state index >= 15 is 0 Å². The molecule has 2 N–H and O–H groups in total. The molecule has 3 unspecified atom stereocenters. The second-order valence-electron chi connectivity index (χ2n) is 3.56. The predicted octanol–water partition coefficient (Wildman–Crippen LogP) is -3.18. The van der Waals surface area contributed by atoms with Crippen molar-refractivity contribution in [3.05, 3.63) is 0 Å². The second-order valence-corrected chi connectivity index (χ2v) is 4.55. The van der Waals surface area contributed by atoms with Gasteiger partial charge >= 0.3 is 41.5 Å². The van der Waals surface area contributed by atoms with Gasteiger partial charge in [0.05, 0.1) is 11.8 Å². The summed E-state index contributed by atoms with van der Waals surface area (Å²) in [4.78, 5) is 21.7. The smallest absolute Gasteiger partial charge is 0.691 e. The number of carbonyl (C=O) groups is 2. The van der Waals surface area contributed by atoms with Gasteiger partial charge in [0, 0.05) is 17.3 Å². The minimum Gasteiger partial charge on any atom is -0.691 e. The fourth-order valence-electron chi connectivity index (χ4n) is 1.86. The molecule has 0 radical (unpaired) electrons. The second kappa shape index (κ2) is 8.30. The van der Waals surface area contributed by atoms with Crippen molar-refractivity contribution in [1.29, 1.82) is 0 Å². The Hall–Kier alpha value is 0.170. The maximum atomic E-state index is 10.9. The zero-order valence-corrected chi connectivity index (χ0v) is 12.0. The van der Waals surface area contributed by atoms with Crippen LogP contribution in [0.5, 0.6) is 0 Å². The Bertz CT molecular complexity index is 275. The molecule has 0 aromatic carbocycles. The predicted molar refractivity (Wildman–Crippen MR) is 49.7 cm³/mol. The molecule has 7 nitrogen and oxygen atoms in total. The van der Waals surface area contributed by atoms with Gasteiger partial charge in [0.15, 0.2) is 0 Å².